The van der Waals surface area contributed by atoms with E-state index >= 15 is 0 Å². The van der Waals surface area contributed by atoms with Crippen LogP contribution in [0.3, 0.4) is 0 Å². The topological polar surface area (TPSA) is 94.5 Å². The number of methoxy groups -OCH3 is 1. The van der Waals surface area contributed by atoms with Crippen LogP contribution in [0.25, 0.3) is 0 Å². The Hall–Kier alpha value is -2.22. The van der Waals surface area contributed by atoms with E-state index in [9.17, 15) is 4.79 Å². The minimum absolute atomic E-state index is 0.162. The molecular formula is C16H22N4O4. The molecule has 1 atom stereocenters. The smallest absolute Gasteiger partial charge is 0.276 e. The van der Waals surface area contributed by atoms with Gasteiger partial charge in [0.15, 0.2) is 11.5 Å². The zero-order chi connectivity index (χ0) is 17.1. The Kier molecular flexibility index (Phi) is 4.94. The second-order valence-corrected chi connectivity index (χ2v) is 6.22. The summed E-state index contributed by atoms with van der Waals surface area (Å²) in [7, 11) is 1.63. The summed E-state index contributed by atoms with van der Waals surface area (Å²) in [5, 5.41) is 7.86. The molecule has 0 aromatic carbocycles. The molecule has 1 fully saturated rings. The SMILES string of the molecule is COCCc1noc([C@@H]2CCCN2C(=O)c2cc(C(C)C)on2)n1. The van der Waals surface area contributed by atoms with Crippen LogP contribution in [0, 0.1) is 0 Å². The van der Waals surface area contributed by atoms with Crippen LogP contribution in [0.1, 0.15) is 66.6 Å². The van der Waals surface area contributed by atoms with Crippen molar-refractivity contribution in [2.24, 2.45) is 0 Å². The Morgan fingerprint density at radius 1 is 1.42 bits per heavy atom. The van der Waals surface area contributed by atoms with Crippen LogP contribution in [0.2, 0.25) is 0 Å². The molecule has 130 valence electrons. The molecule has 2 aromatic rings. The average Bonchev–Trinajstić information content (AvgIpc) is 3.31. The Morgan fingerprint density at radius 3 is 2.96 bits per heavy atom. The molecule has 1 aliphatic rings. The third-order valence-corrected chi connectivity index (χ3v) is 4.13. The maximum absolute atomic E-state index is 12.7. The first-order valence-corrected chi connectivity index (χ1v) is 8.19. The number of nitrogens with zero attached hydrogens (tertiary/aromatic N) is 4. The minimum Gasteiger partial charge on any atom is -0.384 e. The summed E-state index contributed by atoms with van der Waals surface area (Å²) in [6.07, 6.45) is 2.27. The van der Waals surface area contributed by atoms with E-state index in [4.69, 9.17) is 13.8 Å². The number of carbonyl (C=O) groups is 1. The lowest BCUT2D eigenvalue weighted by Gasteiger charge is -2.20. The van der Waals surface area contributed by atoms with Crippen molar-refractivity contribution in [3.63, 3.8) is 0 Å². The van der Waals surface area contributed by atoms with E-state index in [1.54, 1.807) is 18.1 Å². The quantitative estimate of drug-likeness (QED) is 0.800. The lowest BCUT2D eigenvalue weighted by Crippen LogP contribution is -2.31. The molecule has 0 unspecified atom stereocenters. The van der Waals surface area contributed by atoms with Gasteiger partial charge in [-0.25, -0.2) is 0 Å². The van der Waals surface area contributed by atoms with Gasteiger partial charge in [-0.15, -0.1) is 0 Å². The molecule has 1 amide bonds. The normalized spacial score (nSPS) is 17.8. The van der Waals surface area contributed by atoms with Crippen LogP contribution in [0.4, 0.5) is 0 Å². The van der Waals surface area contributed by atoms with Crippen molar-refractivity contribution in [2.75, 3.05) is 20.3 Å². The van der Waals surface area contributed by atoms with Crippen LogP contribution in [-0.2, 0) is 11.2 Å². The van der Waals surface area contributed by atoms with Crippen molar-refractivity contribution in [3.05, 3.63) is 29.2 Å². The molecule has 0 saturated carbocycles. The van der Waals surface area contributed by atoms with Gasteiger partial charge in [-0.3, -0.25) is 4.79 Å². The first-order valence-electron chi connectivity index (χ1n) is 8.19. The van der Waals surface area contributed by atoms with Gasteiger partial charge in [0.25, 0.3) is 5.91 Å². The zero-order valence-electron chi connectivity index (χ0n) is 14.2. The Labute approximate surface area is 140 Å². The van der Waals surface area contributed by atoms with Crippen LogP contribution >= 0.6 is 0 Å². The monoisotopic (exact) mass is 334 g/mol. The molecule has 0 N–H and O–H groups in total. The van der Waals surface area contributed by atoms with Crippen LogP contribution < -0.4 is 0 Å². The molecule has 24 heavy (non-hydrogen) atoms. The van der Waals surface area contributed by atoms with E-state index in [0.29, 0.717) is 42.7 Å². The average molecular weight is 334 g/mol. The van der Waals surface area contributed by atoms with Gasteiger partial charge in [0.1, 0.15) is 11.8 Å². The first-order chi connectivity index (χ1) is 11.6. The maximum atomic E-state index is 12.7. The number of hydrogen-bond acceptors (Lipinski definition) is 7. The highest BCUT2D eigenvalue weighted by molar-refractivity contribution is 5.92. The van der Waals surface area contributed by atoms with Crippen LogP contribution in [-0.4, -0.2) is 46.4 Å². The summed E-state index contributed by atoms with van der Waals surface area (Å²) in [5.41, 5.74) is 0.324. The fourth-order valence-electron chi connectivity index (χ4n) is 2.77. The Balaban J connectivity index is 1.74. The maximum Gasteiger partial charge on any atom is 0.276 e. The molecule has 8 heteroatoms. The number of likely N-dealkylation sites (tertiary alicyclic amines) is 1. The highest BCUT2D eigenvalue weighted by atomic mass is 16.5. The van der Waals surface area contributed by atoms with Gasteiger partial charge in [0.05, 0.1) is 6.61 Å². The van der Waals surface area contributed by atoms with Crippen molar-refractivity contribution in [1.29, 1.82) is 0 Å². The van der Waals surface area contributed by atoms with Crippen molar-refractivity contribution in [1.82, 2.24) is 20.2 Å². The van der Waals surface area contributed by atoms with Crippen molar-refractivity contribution in [2.45, 2.75) is 45.1 Å². The van der Waals surface area contributed by atoms with Gasteiger partial charge in [0, 0.05) is 32.1 Å². The molecule has 0 spiro atoms. The molecule has 0 radical (unpaired) electrons. The predicted molar refractivity (Wildman–Crippen MR) is 83.5 cm³/mol. The fraction of sp³-hybridized carbons (Fsp3) is 0.625. The molecule has 3 rings (SSSR count). The number of amides is 1. The molecule has 1 aliphatic heterocycles. The minimum atomic E-state index is -0.208. The summed E-state index contributed by atoms with van der Waals surface area (Å²) in [6, 6.07) is 1.50. The van der Waals surface area contributed by atoms with Gasteiger partial charge >= 0.3 is 0 Å². The van der Waals surface area contributed by atoms with Gasteiger partial charge in [-0.1, -0.05) is 24.2 Å². The van der Waals surface area contributed by atoms with Gasteiger partial charge in [-0.2, -0.15) is 4.98 Å². The second-order valence-electron chi connectivity index (χ2n) is 6.22. The first kappa shape index (κ1) is 16.6. The molecule has 3 heterocycles. The number of rotatable bonds is 6. The third kappa shape index (κ3) is 3.33. The zero-order valence-corrected chi connectivity index (χ0v) is 14.2. The second kappa shape index (κ2) is 7.12. The van der Waals surface area contributed by atoms with E-state index in [-0.39, 0.29) is 17.9 Å². The fourth-order valence-corrected chi connectivity index (χ4v) is 2.77. The van der Waals surface area contributed by atoms with Crippen molar-refractivity contribution < 1.29 is 18.6 Å². The lowest BCUT2D eigenvalue weighted by atomic mass is 10.1. The van der Waals surface area contributed by atoms with E-state index in [1.807, 2.05) is 13.8 Å². The van der Waals surface area contributed by atoms with E-state index in [1.165, 1.54) is 0 Å². The van der Waals surface area contributed by atoms with Gasteiger partial charge in [0.2, 0.25) is 5.89 Å². The molecule has 1 saturated heterocycles. The predicted octanol–water partition coefficient (Wildman–Crippen LogP) is 2.35. The Bertz CT molecular complexity index is 694. The molecular weight excluding hydrogens is 312 g/mol. The van der Waals surface area contributed by atoms with Crippen LogP contribution in [0.5, 0.6) is 0 Å². The molecule has 0 aliphatic carbocycles. The molecule has 8 nitrogen and oxygen atoms in total. The van der Waals surface area contributed by atoms with E-state index in [2.05, 4.69) is 15.3 Å². The number of hydrogen-bond donors (Lipinski definition) is 0. The van der Waals surface area contributed by atoms with Crippen molar-refractivity contribution >= 4 is 5.91 Å². The van der Waals surface area contributed by atoms with Gasteiger partial charge < -0.3 is 18.7 Å². The number of ether oxygens (including phenoxy) is 1. The largest absolute Gasteiger partial charge is 0.384 e. The summed E-state index contributed by atoms with van der Waals surface area (Å²) >= 11 is 0. The van der Waals surface area contributed by atoms with E-state index < -0.39 is 0 Å². The van der Waals surface area contributed by atoms with Crippen molar-refractivity contribution in [3.8, 4) is 0 Å². The summed E-state index contributed by atoms with van der Waals surface area (Å²) < 4.78 is 15.6. The lowest BCUT2D eigenvalue weighted by molar-refractivity contribution is 0.0699. The standard InChI is InChI=1S/C16H22N4O4/c1-10(2)13-9-11(18-23-13)16(21)20-7-4-5-12(20)15-17-14(19-24-15)6-8-22-3/h9-10,12H,4-8H2,1-3H3/t12-/m0/s1. The van der Waals surface area contributed by atoms with E-state index in [0.717, 1.165) is 12.8 Å². The van der Waals surface area contributed by atoms with Gasteiger partial charge in [-0.05, 0) is 12.8 Å². The summed E-state index contributed by atoms with van der Waals surface area (Å²) in [5.74, 6) is 1.79. The summed E-state index contributed by atoms with van der Waals surface area (Å²) in [4.78, 5) is 18.9. The number of carbonyl (C=O) groups excluding carboxylic acids is 1. The molecule has 0 bridgehead atoms. The third-order valence-electron chi connectivity index (χ3n) is 4.13. The highest BCUT2D eigenvalue weighted by Gasteiger charge is 2.35. The highest BCUT2D eigenvalue weighted by Crippen LogP contribution is 2.32. The Morgan fingerprint density at radius 2 is 2.25 bits per heavy atom. The van der Waals surface area contributed by atoms with Crippen LogP contribution in [0.15, 0.2) is 15.1 Å². The number of aromatic nitrogens is 3. The molecule has 2 aromatic heterocycles. The summed E-state index contributed by atoms with van der Waals surface area (Å²) in [6.45, 7) is 5.16.